The minimum atomic E-state index is -0.270. The lowest BCUT2D eigenvalue weighted by Gasteiger charge is -2.14. The molecule has 3 nitrogen and oxygen atoms in total. The first-order valence-corrected chi connectivity index (χ1v) is 9.65. The molecule has 0 amide bonds. The SMILES string of the molecule is Cc1ccc(Oc2ccc(C(=O)C(C)Br)cc2Oc2ccc(C)cc2)cc1. The molecular formula is C23H21BrO3. The van der Waals surface area contributed by atoms with Crippen LogP contribution in [0.25, 0.3) is 0 Å². The number of carbonyl (C=O) groups is 1. The van der Waals surface area contributed by atoms with Gasteiger partial charge in [-0.05, 0) is 63.2 Å². The van der Waals surface area contributed by atoms with E-state index in [4.69, 9.17) is 9.47 Å². The molecule has 0 radical (unpaired) electrons. The van der Waals surface area contributed by atoms with E-state index in [9.17, 15) is 4.79 Å². The Morgan fingerprint density at radius 1 is 0.778 bits per heavy atom. The molecular weight excluding hydrogens is 404 g/mol. The van der Waals surface area contributed by atoms with Crippen molar-refractivity contribution in [2.75, 3.05) is 0 Å². The third kappa shape index (κ3) is 4.98. The highest BCUT2D eigenvalue weighted by Gasteiger charge is 2.16. The van der Waals surface area contributed by atoms with Gasteiger partial charge in [0.2, 0.25) is 0 Å². The minimum Gasteiger partial charge on any atom is -0.453 e. The smallest absolute Gasteiger partial charge is 0.176 e. The summed E-state index contributed by atoms with van der Waals surface area (Å²) in [6.07, 6.45) is 0. The molecule has 0 aromatic heterocycles. The van der Waals surface area contributed by atoms with E-state index in [1.807, 2.05) is 62.4 Å². The molecule has 3 aromatic rings. The van der Waals surface area contributed by atoms with Gasteiger partial charge in [0.05, 0.1) is 4.83 Å². The second kappa shape index (κ2) is 8.40. The molecule has 0 N–H and O–H groups in total. The molecule has 0 heterocycles. The molecule has 27 heavy (non-hydrogen) atoms. The summed E-state index contributed by atoms with van der Waals surface area (Å²) >= 11 is 3.33. The van der Waals surface area contributed by atoms with Gasteiger partial charge in [-0.25, -0.2) is 0 Å². The summed E-state index contributed by atoms with van der Waals surface area (Å²) in [6, 6.07) is 20.8. The number of carbonyl (C=O) groups excluding carboxylic acids is 1. The van der Waals surface area contributed by atoms with Crippen LogP contribution in [0.2, 0.25) is 0 Å². The Kier molecular flexibility index (Phi) is 5.97. The Balaban J connectivity index is 1.96. The first-order chi connectivity index (χ1) is 12.9. The van der Waals surface area contributed by atoms with Gasteiger partial charge in [-0.3, -0.25) is 4.79 Å². The van der Waals surface area contributed by atoms with E-state index < -0.39 is 0 Å². The minimum absolute atomic E-state index is 0.00866. The van der Waals surface area contributed by atoms with Gasteiger partial charge in [-0.15, -0.1) is 0 Å². The number of halogens is 1. The maximum absolute atomic E-state index is 12.4. The van der Waals surface area contributed by atoms with Crippen molar-refractivity contribution in [2.24, 2.45) is 0 Å². The van der Waals surface area contributed by atoms with Crippen molar-refractivity contribution < 1.29 is 14.3 Å². The van der Waals surface area contributed by atoms with Gasteiger partial charge in [0, 0.05) is 5.56 Å². The number of Topliss-reactive ketones (excluding diaryl/α,β-unsaturated/α-hetero) is 1. The number of hydrogen-bond donors (Lipinski definition) is 0. The lowest BCUT2D eigenvalue weighted by Crippen LogP contribution is -2.10. The maximum atomic E-state index is 12.4. The fourth-order valence-electron chi connectivity index (χ4n) is 2.52. The predicted octanol–water partition coefficient (Wildman–Crippen LogP) is 6.85. The number of hydrogen-bond acceptors (Lipinski definition) is 3. The molecule has 0 spiro atoms. The van der Waals surface area contributed by atoms with Crippen LogP contribution in [0.1, 0.15) is 28.4 Å². The number of rotatable bonds is 6. The molecule has 0 aliphatic carbocycles. The Labute approximate surface area is 168 Å². The van der Waals surface area contributed by atoms with Gasteiger partial charge in [-0.2, -0.15) is 0 Å². The zero-order valence-corrected chi connectivity index (χ0v) is 17.1. The van der Waals surface area contributed by atoms with Crippen LogP contribution in [0, 0.1) is 13.8 Å². The van der Waals surface area contributed by atoms with Crippen LogP contribution in [-0.4, -0.2) is 10.6 Å². The van der Waals surface area contributed by atoms with E-state index in [1.165, 1.54) is 0 Å². The summed E-state index contributed by atoms with van der Waals surface area (Å²) in [5, 5.41) is 0. The fraction of sp³-hybridized carbons (Fsp3) is 0.174. The lowest BCUT2D eigenvalue weighted by molar-refractivity contribution is 0.0995. The van der Waals surface area contributed by atoms with Crippen molar-refractivity contribution in [3.05, 3.63) is 83.4 Å². The zero-order valence-electron chi connectivity index (χ0n) is 15.5. The van der Waals surface area contributed by atoms with Gasteiger partial charge in [0.15, 0.2) is 17.3 Å². The Bertz CT molecular complexity index is 929. The molecule has 1 unspecified atom stereocenters. The van der Waals surface area contributed by atoms with Crippen LogP contribution in [0.15, 0.2) is 66.7 Å². The molecule has 3 aromatic carbocycles. The Morgan fingerprint density at radius 3 is 1.74 bits per heavy atom. The third-order valence-corrected chi connectivity index (χ3v) is 4.50. The number of benzene rings is 3. The highest BCUT2D eigenvalue weighted by Crippen LogP contribution is 2.36. The molecule has 0 saturated heterocycles. The van der Waals surface area contributed by atoms with Crippen LogP contribution in [0.5, 0.6) is 23.0 Å². The molecule has 3 rings (SSSR count). The number of ether oxygens (including phenoxy) is 2. The van der Waals surface area contributed by atoms with Crippen molar-refractivity contribution >= 4 is 21.7 Å². The topological polar surface area (TPSA) is 35.5 Å². The van der Waals surface area contributed by atoms with E-state index in [2.05, 4.69) is 15.9 Å². The summed E-state index contributed by atoms with van der Waals surface area (Å²) in [7, 11) is 0. The third-order valence-electron chi connectivity index (χ3n) is 4.09. The maximum Gasteiger partial charge on any atom is 0.176 e. The molecule has 4 heteroatoms. The van der Waals surface area contributed by atoms with Crippen LogP contribution >= 0.6 is 15.9 Å². The van der Waals surface area contributed by atoms with Gasteiger partial charge in [0.1, 0.15) is 11.5 Å². The first kappa shape index (κ1) is 19.2. The van der Waals surface area contributed by atoms with Crippen molar-refractivity contribution in [1.82, 2.24) is 0 Å². The quantitative estimate of drug-likeness (QED) is 0.320. The Morgan fingerprint density at radius 2 is 1.26 bits per heavy atom. The monoisotopic (exact) mass is 424 g/mol. The van der Waals surface area contributed by atoms with Crippen molar-refractivity contribution in [3.8, 4) is 23.0 Å². The van der Waals surface area contributed by atoms with Crippen LogP contribution < -0.4 is 9.47 Å². The predicted molar refractivity (Wildman–Crippen MR) is 112 cm³/mol. The summed E-state index contributed by atoms with van der Waals surface area (Å²) in [5.74, 6) is 2.44. The van der Waals surface area contributed by atoms with Crippen LogP contribution in [-0.2, 0) is 0 Å². The number of ketones is 1. The zero-order chi connectivity index (χ0) is 19.4. The fourth-order valence-corrected chi connectivity index (χ4v) is 2.79. The molecule has 0 saturated carbocycles. The Hall–Kier alpha value is -2.59. The highest BCUT2D eigenvalue weighted by molar-refractivity contribution is 9.10. The lowest BCUT2D eigenvalue weighted by atomic mass is 10.1. The molecule has 138 valence electrons. The van der Waals surface area contributed by atoms with Gasteiger partial charge < -0.3 is 9.47 Å². The van der Waals surface area contributed by atoms with Crippen LogP contribution in [0.3, 0.4) is 0 Å². The molecule has 0 bridgehead atoms. The molecule has 0 fully saturated rings. The molecule has 1 atom stereocenters. The van der Waals surface area contributed by atoms with E-state index in [0.29, 0.717) is 28.6 Å². The van der Waals surface area contributed by atoms with E-state index in [1.54, 1.807) is 25.1 Å². The van der Waals surface area contributed by atoms with Crippen molar-refractivity contribution in [2.45, 2.75) is 25.6 Å². The highest BCUT2D eigenvalue weighted by atomic mass is 79.9. The summed E-state index contributed by atoms with van der Waals surface area (Å²) < 4.78 is 12.0. The van der Waals surface area contributed by atoms with E-state index >= 15 is 0 Å². The van der Waals surface area contributed by atoms with Gasteiger partial charge in [-0.1, -0.05) is 51.3 Å². The first-order valence-electron chi connectivity index (χ1n) is 8.74. The van der Waals surface area contributed by atoms with Gasteiger partial charge >= 0.3 is 0 Å². The van der Waals surface area contributed by atoms with E-state index in [0.717, 1.165) is 11.1 Å². The largest absolute Gasteiger partial charge is 0.453 e. The summed E-state index contributed by atoms with van der Waals surface area (Å²) in [4.78, 5) is 12.1. The summed E-state index contributed by atoms with van der Waals surface area (Å²) in [6.45, 7) is 5.85. The van der Waals surface area contributed by atoms with Gasteiger partial charge in [0.25, 0.3) is 0 Å². The van der Waals surface area contributed by atoms with Crippen molar-refractivity contribution in [1.29, 1.82) is 0 Å². The average Bonchev–Trinajstić information content (AvgIpc) is 2.66. The second-order valence-corrected chi connectivity index (χ2v) is 7.85. The number of alkyl halides is 1. The molecule has 0 aliphatic rings. The second-order valence-electron chi connectivity index (χ2n) is 6.47. The standard InChI is InChI=1S/C23H21BrO3/c1-15-4-9-19(10-5-15)26-21-13-8-18(23(25)17(3)24)14-22(21)27-20-11-6-16(2)7-12-20/h4-14,17H,1-3H3. The normalized spacial score (nSPS) is 11.7. The summed E-state index contributed by atoms with van der Waals surface area (Å²) in [5.41, 5.74) is 2.87. The van der Waals surface area contributed by atoms with Crippen molar-refractivity contribution in [3.63, 3.8) is 0 Å². The van der Waals surface area contributed by atoms with Crippen LogP contribution in [0.4, 0.5) is 0 Å². The number of aryl methyl sites for hydroxylation is 2. The average molecular weight is 425 g/mol. The molecule has 0 aliphatic heterocycles. The van der Waals surface area contributed by atoms with E-state index in [-0.39, 0.29) is 10.6 Å².